The van der Waals surface area contributed by atoms with Crippen molar-refractivity contribution in [3.05, 3.63) is 0 Å². The van der Waals surface area contributed by atoms with Crippen LogP contribution in [0.25, 0.3) is 0 Å². The topological polar surface area (TPSA) is 104 Å². The van der Waals surface area contributed by atoms with Crippen molar-refractivity contribution in [2.75, 3.05) is 5.75 Å². The molecule has 0 aromatic carbocycles. The molecule has 0 saturated carbocycles. The Hall–Kier alpha value is 0.487. The van der Waals surface area contributed by atoms with Crippen LogP contribution in [0, 0.1) is 5.41 Å². The second-order valence-corrected chi connectivity index (χ2v) is 3.75. The molecule has 68 valence electrons. The molecule has 8 heteroatoms. The van der Waals surface area contributed by atoms with Crippen molar-refractivity contribution >= 4 is 27.2 Å². The van der Waals surface area contributed by atoms with Gasteiger partial charge in [-0.25, -0.2) is 0 Å². The monoisotopic (exact) mass is 205 g/mol. The van der Waals surface area contributed by atoms with Crippen molar-refractivity contribution in [2.24, 2.45) is 0 Å². The predicted octanol–water partition coefficient (Wildman–Crippen LogP) is -3.38. The van der Waals surface area contributed by atoms with Gasteiger partial charge in [-0.05, 0) is 23.9 Å². The summed E-state index contributed by atoms with van der Waals surface area (Å²) in [5.41, 5.74) is 0. The molecule has 0 aromatic heterocycles. The van der Waals surface area contributed by atoms with Gasteiger partial charge in [0.25, 0.3) is 0 Å². The number of rotatable bonds is 4. The van der Waals surface area contributed by atoms with Gasteiger partial charge in [-0.3, -0.25) is 13.8 Å². The molecule has 0 bridgehead atoms. The van der Waals surface area contributed by atoms with E-state index >= 15 is 0 Å². The van der Waals surface area contributed by atoms with Gasteiger partial charge >= 0.3 is 18.9 Å². The summed E-state index contributed by atoms with van der Waals surface area (Å²) in [7, 11) is 0. The first-order valence-corrected chi connectivity index (χ1v) is 5.08. The molecule has 0 heterocycles. The van der Waals surface area contributed by atoms with Crippen LogP contribution in [0.3, 0.4) is 0 Å². The van der Waals surface area contributed by atoms with Gasteiger partial charge in [0.15, 0.2) is 0 Å². The van der Waals surface area contributed by atoms with E-state index in [0.29, 0.717) is 0 Å². The Morgan fingerprint density at radius 1 is 1.42 bits per heavy atom. The van der Waals surface area contributed by atoms with Crippen LogP contribution in [-0.4, -0.2) is 28.3 Å². The van der Waals surface area contributed by atoms with Crippen LogP contribution in [-0.2, 0) is 22.2 Å². The molecule has 2 atom stereocenters. The van der Waals surface area contributed by atoms with Crippen LogP contribution in [0.4, 0.5) is 0 Å². The second-order valence-electron chi connectivity index (χ2n) is 1.77. The molecule has 12 heavy (non-hydrogen) atoms. The molecule has 0 spiro atoms. The van der Waals surface area contributed by atoms with Crippen LogP contribution in [0.2, 0.25) is 0 Å². The standard InChI is InChI=1S/C4H9NO4S2.Li.H/c5-4(11(8)9)2-1-3-10(6)7;;/h5H,1-3H2,(H,6,7)(H,8,9);;/q;+1;-1/p-2. The molecule has 0 aliphatic heterocycles. The van der Waals surface area contributed by atoms with Crippen molar-refractivity contribution in [1.29, 1.82) is 5.41 Å². The molecule has 0 radical (unpaired) electrons. The first-order chi connectivity index (χ1) is 5.04. The van der Waals surface area contributed by atoms with E-state index in [1.54, 1.807) is 0 Å². The Balaban J connectivity index is -0.000000500. The SMILES string of the molecule is N=C(CCCS(=O)[O-])S(=O)[O-].[H-].[Li+]. The Morgan fingerprint density at radius 3 is 2.25 bits per heavy atom. The van der Waals surface area contributed by atoms with E-state index in [0.717, 1.165) is 0 Å². The summed E-state index contributed by atoms with van der Waals surface area (Å²) in [6.45, 7) is 0. The maximum atomic E-state index is 10.00. The van der Waals surface area contributed by atoms with E-state index in [1.807, 2.05) is 0 Å². The number of nitrogens with one attached hydrogen (secondary N) is 1. The summed E-state index contributed by atoms with van der Waals surface area (Å²) in [6.07, 6.45) is 0.174. The van der Waals surface area contributed by atoms with Gasteiger partial charge in [0, 0.05) is 5.75 Å². The fourth-order valence-corrected chi connectivity index (χ4v) is 1.12. The van der Waals surface area contributed by atoms with Crippen molar-refractivity contribution in [3.63, 3.8) is 0 Å². The fraction of sp³-hybridized carbons (Fsp3) is 0.750. The molecule has 0 aliphatic carbocycles. The molecule has 0 rings (SSSR count). The van der Waals surface area contributed by atoms with E-state index in [2.05, 4.69) is 0 Å². The van der Waals surface area contributed by atoms with Crippen LogP contribution in [0.5, 0.6) is 0 Å². The molecule has 2 unspecified atom stereocenters. The van der Waals surface area contributed by atoms with E-state index in [-0.39, 0.29) is 38.9 Å². The van der Waals surface area contributed by atoms with Crippen molar-refractivity contribution in [3.8, 4) is 0 Å². The smallest absolute Gasteiger partial charge is 1.00 e. The normalized spacial score (nSPS) is 14.5. The first kappa shape index (κ1) is 15.0. The average molecular weight is 205 g/mol. The average Bonchev–Trinajstić information content (AvgIpc) is 1.86. The van der Waals surface area contributed by atoms with Crippen LogP contribution in [0.15, 0.2) is 0 Å². The summed E-state index contributed by atoms with van der Waals surface area (Å²) in [4.78, 5) is 0. The van der Waals surface area contributed by atoms with Crippen LogP contribution < -0.4 is 18.9 Å². The summed E-state index contributed by atoms with van der Waals surface area (Å²) >= 11 is -4.64. The van der Waals surface area contributed by atoms with Gasteiger partial charge in [-0.1, -0.05) is 11.1 Å². The summed E-state index contributed by atoms with van der Waals surface area (Å²) in [5.74, 6) is -0.0976. The largest absolute Gasteiger partial charge is 1.00 e. The molecule has 1 N–H and O–H groups in total. The number of hydrogen-bond donors (Lipinski definition) is 1. The Morgan fingerprint density at radius 2 is 1.92 bits per heavy atom. The zero-order chi connectivity index (χ0) is 8.85. The number of hydrogen-bond acceptors (Lipinski definition) is 5. The minimum Gasteiger partial charge on any atom is -1.00 e. The molecule has 0 saturated heterocycles. The van der Waals surface area contributed by atoms with Gasteiger partial charge in [-0.2, -0.15) is 0 Å². The van der Waals surface area contributed by atoms with E-state index in [4.69, 9.17) is 5.41 Å². The quantitative estimate of drug-likeness (QED) is 0.224. The third kappa shape index (κ3) is 8.58. The van der Waals surface area contributed by atoms with Crippen LogP contribution >= 0.6 is 0 Å². The fourth-order valence-electron chi connectivity index (χ4n) is 0.434. The third-order valence-electron chi connectivity index (χ3n) is 0.916. The maximum Gasteiger partial charge on any atom is 1.00 e. The first-order valence-electron chi connectivity index (χ1n) is 2.76. The van der Waals surface area contributed by atoms with Crippen molar-refractivity contribution in [2.45, 2.75) is 12.8 Å². The molecular weight excluding hydrogens is 197 g/mol. The molecule has 0 aromatic rings. The summed E-state index contributed by atoms with van der Waals surface area (Å²) < 4.78 is 39.8. The minimum atomic E-state index is -2.49. The van der Waals surface area contributed by atoms with Gasteiger partial charge in [0.2, 0.25) is 0 Å². The van der Waals surface area contributed by atoms with Crippen molar-refractivity contribution < 1.29 is 37.8 Å². The van der Waals surface area contributed by atoms with Gasteiger partial charge in [0.1, 0.15) is 0 Å². The zero-order valence-corrected chi connectivity index (χ0v) is 8.20. The van der Waals surface area contributed by atoms with Crippen LogP contribution in [0.1, 0.15) is 14.3 Å². The van der Waals surface area contributed by atoms with E-state index in [9.17, 15) is 17.5 Å². The van der Waals surface area contributed by atoms with E-state index in [1.165, 1.54) is 0 Å². The maximum absolute atomic E-state index is 10.00. The van der Waals surface area contributed by atoms with E-state index < -0.39 is 27.2 Å². The molecule has 0 aliphatic rings. The Labute approximate surface area is 89.1 Å². The summed E-state index contributed by atoms with van der Waals surface area (Å²) in [6, 6.07) is 0. The Bertz CT molecular complexity index is 203. The second kappa shape index (κ2) is 8.10. The third-order valence-corrected chi connectivity index (χ3v) is 2.14. The zero-order valence-electron chi connectivity index (χ0n) is 7.57. The molecule has 0 fully saturated rings. The molecular formula is C4H8LiNO4S2-2. The molecule has 5 nitrogen and oxygen atoms in total. The summed E-state index contributed by atoms with van der Waals surface area (Å²) in [5, 5.41) is 6.33. The molecule has 0 amide bonds. The predicted molar refractivity (Wildman–Crippen MR) is 40.8 cm³/mol. The van der Waals surface area contributed by atoms with Gasteiger partial charge in [0.05, 0.1) is 5.04 Å². The van der Waals surface area contributed by atoms with Gasteiger partial charge < -0.3 is 10.5 Å². The minimum absolute atomic E-state index is 0. The van der Waals surface area contributed by atoms with Gasteiger partial charge in [-0.15, -0.1) is 0 Å². The van der Waals surface area contributed by atoms with Crippen molar-refractivity contribution in [1.82, 2.24) is 0 Å². The Kier molecular flexibility index (Phi) is 10.1.